The highest BCUT2D eigenvalue weighted by Gasteiger charge is 2.17. The number of benzene rings is 2. The molecule has 0 fully saturated rings. The molecular weight excluding hydrogens is 295 g/mol. The molecule has 2 aromatic carbocycles. The number of rotatable bonds is 5. The second kappa shape index (κ2) is 6.54. The molecule has 2 aromatic rings. The lowest BCUT2D eigenvalue weighted by Crippen LogP contribution is -2.17. The van der Waals surface area contributed by atoms with Crippen LogP contribution in [0.5, 0.6) is 0 Å². The van der Waals surface area contributed by atoms with Gasteiger partial charge in [-0.05, 0) is 31.2 Å². The molecule has 0 spiro atoms. The molecule has 0 radical (unpaired) electrons. The SMILES string of the molecule is CCN(c1ccc([N+](=O)[O-])c(CCl)c1)c1ccccc1F. The summed E-state index contributed by atoms with van der Waals surface area (Å²) in [6, 6.07) is 11.0. The first-order valence-electron chi connectivity index (χ1n) is 6.43. The van der Waals surface area contributed by atoms with Crippen LogP contribution in [0.4, 0.5) is 21.5 Å². The fourth-order valence-electron chi connectivity index (χ4n) is 2.19. The zero-order chi connectivity index (χ0) is 15.4. The molecule has 0 atom stereocenters. The van der Waals surface area contributed by atoms with E-state index in [-0.39, 0.29) is 17.4 Å². The van der Waals surface area contributed by atoms with Crippen molar-refractivity contribution in [1.82, 2.24) is 0 Å². The van der Waals surface area contributed by atoms with Crippen molar-refractivity contribution in [3.05, 3.63) is 64.0 Å². The maximum atomic E-state index is 13.9. The molecule has 0 amide bonds. The van der Waals surface area contributed by atoms with Crippen molar-refractivity contribution < 1.29 is 9.31 Å². The predicted octanol–water partition coefficient (Wildman–Crippen LogP) is 4.63. The Morgan fingerprint density at radius 2 is 2.00 bits per heavy atom. The van der Waals surface area contributed by atoms with Crippen molar-refractivity contribution in [2.45, 2.75) is 12.8 Å². The van der Waals surface area contributed by atoms with Gasteiger partial charge < -0.3 is 4.90 Å². The average Bonchev–Trinajstić information content (AvgIpc) is 2.49. The van der Waals surface area contributed by atoms with Crippen LogP contribution in [-0.4, -0.2) is 11.5 Å². The summed E-state index contributed by atoms with van der Waals surface area (Å²) in [4.78, 5) is 12.2. The fraction of sp³-hybridized carbons (Fsp3) is 0.200. The van der Waals surface area contributed by atoms with Crippen LogP contribution in [0.25, 0.3) is 0 Å². The maximum absolute atomic E-state index is 13.9. The van der Waals surface area contributed by atoms with Crippen LogP contribution in [0.2, 0.25) is 0 Å². The van der Waals surface area contributed by atoms with Gasteiger partial charge in [0.2, 0.25) is 0 Å². The lowest BCUT2D eigenvalue weighted by Gasteiger charge is -2.24. The van der Waals surface area contributed by atoms with Gasteiger partial charge in [-0.3, -0.25) is 10.1 Å². The van der Waals surface area contributed by atoms with Crippen LogP contribution >= 0.6 is 11.6 Å². The lowest BCUT2D eigenvalue weighted by molar-refractivity contribution is -0.385. The van der Waals surface area contributed by atoms with Gasteiger partial charge in [-0.25, -0.2) is 4.39 Å². The van der Waals surface area contributed by atoms with Gasteiger partial charge >= 0.3 is 0 Å². The summed E-state index contributed by atoms with van der Waals surface area (Å²) in [6.07, 6.45) is 0. The number of anilines is 2. The van der Waals surface area contributed by atoms with E-state index in [0.29, 0.717) is 23.5 Å². The third-order valence-corrected chi connectivity index (χ3v) is 3.46. The number of nitrogens with zero attached hydrogens (tertiary/aromatic N) is 2. The van der Waals surface area contributed by atoms with E-state index in [1.54, 1.807) is 35.2 Å². The summed E-state index contributed by atoms with van der Waals surface area (Å²) >= 11 is 5.78. The molecule has 4 nitrogen and oxygen atoms in total. The van der Waals surface area contributed by atoms with Crippen LogP contribution in [0, 0.1) is 15.9 Å². The predicted molar refractivity (Wildman–Crippen MR) is 81.7 cm³/mol. The summed E-state index contributed by atoms with van der Waals surface area (Å²) in [7, 11) is 0. The first-order valence-corrected chi connectivity index (χ1v) is 6.97. The molecular formula is C15H14ClFN2O2. The van der Waals surface area contributed by atoms with Crippen molar-refractivity contribution in [3.8, 4) is 0 Å². The number of para-hydroxylation sites is 1. The van der Waals surface area contributed by atoms with Crippen LogP contribution in [-0.2, 0) is 5.88 Å². The number of hydrogen-bond donors (Lipinski definition) is 0. The Morgan fingerprint density at radius 1 is 1.29 bits per heavy atom. The molecule has 0 N–H and O–H groups in total. The van der Waals surface area contributed by atoms with Crippen LogP contribution in [0.3, 0.4) is 0 Å². The molecule has 6 heteroatoms. The van der Waals surface area contributed by atoms with Gasteiger partial charge in [-0.15, -0.1) is 11.6 Å². The molecule has 0 saturated heterocycles. The lowest BCUT2D eigenvalue weighted by atomic mass is 10.1. The van der Waals surface area contributed by atoms with E-state index in [9.17, 15) is 14.5 Å². The molecule has 0 aromatic heterocycles. The Bertz CT molecular complexity index is 664. The maximum Gasteiger partial charge on any atom is 0.273 e. The van der Waals surface area contributed by atoms with Crippen molar-refractivity contribution in [2.75, 3.05) is 11.4 Å². The van der Waals surface area contributed by atoms with Gasteiger partial charge in [0.1, 0.15) is 5.82 Å². The quantitative estimate of drug-likeness (QED) is 0.459. The van der Waals surface area contributed by atoms with E-state index in [4.69, 9.17) is 11.6 Å². The summed E-state index contributed by atoms with van der Waals surface area (Å²) in [5.74, 6) is -0.316. The third-order valence-electron chi connectivity index (χ3n) is 3.17. The molecule has 0 aliphatic carbocycles. The first kappa shape index (κ1) is 15.3. The van der Waals surface area contributed by atoms with Crippen molar-refractivity contribution in [3.63, 3.8) is 0 Å². The fourth-order valence-corrected chi connectivity index (χ4v) is 2.40. The molecule has 2 rings (SSSR count). The summed E-state index contributed by atoms with van der Waals surface area (Å²) in [6.45, 7) is 2.41. The van der Waals surface area contributed by atoms with Gasteiger partial charge in [0.25, 0.3) is 5.69 Å². The van der Waals surface area contributed by atoms with Crippen molar-refractivity contribution >= 4 is 28.7 Å². The highest BCUT2D eigenvalue weighted by molar-refractivity contribution is 6.17. The Balaban J connectivity index is 2.49. The minimum Gasteiger partial charge on any atom is -0.339 e. The van der Waals surface area contributed by atoms with E-state index >= 15 is 0 Å². The van der Waals surface area contributed by atoms with Gasteiger partial charge in [-0.1, -0.05) is 12.1 Å². The normalized spacial score (nSPS) is 10.4. The van der Waals surface area contributed by atoms with E-state index in [2.05, 4.69) is 0 Å². The second-order valence-corrected chi connectivity index (χ2v) is 4.67. The highest BCUT2D eigenvalue weighted by Crippen LogP contribution is 2.31. The average molecular weight is 309 g/mol. The first-order chi connectivity index (χ1) is 10.1. The van der Waals surface area contributed by atoms with Crippen molar-refractivity contribution in [1.29, 1.82) is 0 Å². The van der Waals surface area contributed by atoms with Crippen LogP contribution in [0.1, 0.15) is 12.5 Å². The summed E-state index contributed by atoms with van der Waals surface area (Å²) in [5, 5.41) is 10.9. The number of halogens is 2. The molecule has 0 heterocycles. The van der Waals surface area contributed by atoms with E-state index in [1.165, 1.54) is 12.1 Å². The monoisotopic (exact) mass is 308 g/mol. The minimum absolute atomic E-state index is 0.0268. The summed E-state index contributed by atoms with van der Waals surface area (Å²) < 4.78 is 13.9. The zero-order valence-corrected chi connectivity index (χ0v) is 12.2. The number of alkyl halides is 1. The number of hydrogen-bond acceptors (Lipinski definition) is 3. The van der Waals surface area contributed by atoms with Gasteiger partial charge in [0.05, 0.1) is 16.5 Å². The Kier molecular flexibility index (Phi) is 4.75. The van der Waals surface area contributed by atoms with E-state index < -0.39 is 4.92 Å². The Morgan fingerprint density at radius 3 is 2.57 bits per heavy atom. The van der Waals surface area contributed by atoms with Crippen LogP contribution < -0.4 is 4.90 Å². The Labute approximate surface area is 126 Å². The molecule has 0 aliphatic heterocycles. The molecule has 0 aliphatic rings. The second-order valence-electron chi connectivity index (χ2n) is 4.40. The summed E-state index contributed by atoms with van der Waals surface area (Å²) in [5.41, 5.74) is 1.48. The topological polar surface area (TPSA) is 46.4 Å². The molecule has 0 unspecified atom stereocenters. The highest BCUT2D eigenvalue weighted by atomic mass is 35.5. The Hall–Kier alpha value is -2.14. The molecule has 21 heavy (non-hydrogen) atoms. The van der Waals surface area contributed by atoms with E-state index in [0.717, 1.165) is 0 Å². The molecule has 0 bridgehead atoms. The van der Waals surface area contributed by atoms with Crippen molar-refractivity contribution in [2.24, 2.45) is 0 Å². The smallest absolute Gasteiger partial charge is 0.273 e. The van der Waals surface area contributed by atoms with Gasteiger partial charge in [-0.2, -0.15) is 0 Å². The number of nitro benzene ring substituents is 1. The van der Waals surface area contributed by atoms with Gasteiger partial charge in [0.15, 0.2) is 0 Å². The zero-order valence-electron chi connectivity index (χ0n) is 11.4. The molecule has 0 saturated carbocycles. The largest absolute Gasteiger partial charge is 0.339 e. The standard InChI is InChI=1S/C15H14ClFN2O2/c1-2-18(15-6-4-3-5-13(15)17)12-7-8-14(19(20)21)11(9-12)10-16/h3-9H,2,10H2,1H3. The van der Waals surface area contributed by atoms with Crippen LogP contribution in [0.15, 0.2) is 42.5 Å². The number of nitro groups is 1. The van der Waals surface area contributed by atoms with E-state index in [1.807, 2.05) is 6.92 Å². The minimum atomic E-state index is -0.471. The third kappa shape index (κ3) is 3.13. The molecule has 110 valence electrons. The van der Waals surface area contributed by atoms with Gasteiger partial charge in [0, 0.05) is 23.9 Å².